The van der Waals surface area contributed by atoms with E-state index >= 15 is 0 Å². The van der Waals surface area contributed by atoms with E-state index in [1.54, 1.807) is 0 Å². The van der Waals surface area contributed by atoms with Gasteiger partial charge in [-0.15, -0.1) is 0 Å². The van der Waals surface area contributed by atoms with Crippen LogP contribution in [0.15, 0.2) is 160 Å². The van der Waals surface area contributed by atoms with Crippen LogP contribution in [0, 0.1) is 0 Å². The van der Waals surface area contributed by atoms with Gasteiger partial charge in [0.2, 0.25) is 0 Å². The van der Waals surface area contributed by atoms with Gasteiger partial charge in [-0.25, -0.2) is 15.0 Å². The number of hydrogen-bond donors (Lipinski definition) is 0. The Kier molecular flexibility index (Phi) is 5.81. The monoisotopic (exact) mass is 615 g/mol. The number of aromatic nitrogens is 3. The highest BCUT2D eigenvalue weighted by molar-refractivity contribution is 6.15. The van der Waals surface area contributed by atoms with Crippen molar-refractivity contribution in [3.8, 4) is 45.3 Å². The van der Waals surface area contributed by atoms with Crippen molar-refractivity contribution in [2.45, 2.75) is 0 Å². The fourth-order valence-electron chi connectivity index (χ4n) is 6.83. The third-order valence-corrected chi connectivity index (χ3v) is 9.13. The van der Waals surface area contributed by atoms with Crippen LogP contribution < -0.4 is 0 Å². The summed E-state index contributed by atoms with van der Waals surface area (Å²) in [6.07, 6.45) is 0. The second-order valence-corrected chi connectivity index (χ2v) is 12.0. The van der Waals surface area contributed by atoms with Crippen LogP contribution in [0.5, 0.6) is 0 Å². The van der Waals surface area contributed by atoms with Crippen molar-refractivity contribution in [3.05, 3.63) is 152 Å². The largest absolute Gasteiger partial charge is 0.456 e. The summed E-state index contributed by atoms with van der Waals surface area (Å²) in [6, 6.07) is 51.6. The van der Waals surface area contributed by atoms with Crippen LogP contribution in [0.25, 0.3) is 99.9 Å². The van der Waals surface area contributed by atoms with Crippen molar-refractivity contribution in [2.75, 3.05) is 0 Å². The Morgan fingerprint density at radius 2 is 1.00 bits per heavy atom. The normalized spacial score (nSPS) is 11.8. The standard InChI is InChI=1S/C43H25N3O2/c1-2-11-27(12-3-1)31-15-8-16-33-39-34(17-9-19-38(39)48-40(31)33)43-45-41(29-21-20-26-10-4-5-13-28(26)24-29)44-42(46-43)30-22-23-37-35(25-30)32-14-6-7-18-36(32)47-37/h1-25H. The second kappa shape index (κ2) is 10.5. The molecule has 5 heteroatoms. The molecule has 48 heavy (non-hydrogen) atoms. The van der Waals surface area contributed by atoms with Crippen molar-refractivity contribution in [1.29, 1.82) is 0 Å². The van der Waals surface area contributed by atoms with Crippen LogP contribution in [-0.2, 0) is 0 Å². The molecule has 0 aliphatic heterocycles. The van der Waals surface area contributed by atoms with Gasteiger partial charge in [-0.1, -0.05) is 115 Å². The number of benzene rings is 7. The van der Waals surface area contributed by atoms with Gasteiger partial charge in [0.05, 0.1) is 0 Å². The zero-order valence-electron chi connectivity index (χ0n) is 25.6. The summed E-state index contributed by atoms with van der Waals surface area (Å²) < 4.78 is 12.7. The number of hydrogen-bond acceptors (Lipinski definition) is 5. The van der Waals surface area contributed by atoms with Crippen molar-refractivity contribution in [3.63, 3.8) is 0 Å². The molecule has 10 rings (SSSR count). The lowest BCUT2D eigenvalue weighted by Crippen LogP contribution is -2.00. The molecule has 0 N–H and O–H groups in total. The molecule has 0 radical (unpaired) electrons. The van der Waals surface area contributed by atoms with Gasteiger partial charge in [-0.05, 0) is 52.7 Å². The van der Waals surface area contributed by atoms with Crippen LogP contribution in [0.1, 0.15) is 0 Å². The highest BCUT2D eigenvalue weighted by atomic mass is 16.3. The number of fused-ring (bicyclic) bond motifs is 7. The average molecular weight is 616 g/mol. The first-order valence-corrected chi connectivity index (χ1v) is 15.9. The molecule has 0 aliphatic rings. The molecule has 0 unspecified atom stereocenters. The minimum absolute atomic E-state index is 0.582. The average Bonchev–Trinajstić information content (AvgIpc) is 3.73. The summed E-state index contributed by atoms with van der Waals surface area (Å²) in [6.45, 7) is 0. The highest BCUT2D eigenvalue weighted by Crippen LogP contribution is 2.40. The molecule has 0 saturated heterocycles. The van der Waals surface area contributed by atoms with Crippen molar-refractivity contribution in [1.82, 2.24) is 15.0 Å². The van der Waals surface area contributed by atoms with E-state index in [0.717, 1.165) is 82.5 Å². The first-order valence-electron chi connectivity index (χ1n) is 15.9. The first kappa shape index (κ1) is 26.6. The molecule has 224 valence electrons. The summed E-state index contributed by atoms with van der Waals surface area (Å²) in [7, 11) is 0. The van der Waals surface area contributed by atoms with Crippen LogP contribution in [0.4, 0.5) is 0 Å². The molecule has 0 bridgehead atoms. The van der Waals surface area contributed by atoms with E-state index in [1.807, 2.05) is 60.7 Å². The number of furan rings is 2. The molecule has 3 aromatic heterocycles. The predicted molar refractivity (Wildman–Crippen MR) is 194 cm³/mol. The summed E-state index contributed by atoms with van der Waals surface area (Å²) >= 11 is 0. The molecule has 3 heterocycles. The molecule has 0 amide bonds. The quantitative estimate of drug-likeness (QED) is 0.197. The van der Waals surface area contributed by atoms with Crippen molar-refractivity contribution >= 4 is 54.6 Å². The van der Waals surface area contributed by atoms with Gasteiger partial charge in [0.15, 0.2) is 17.5 Å². The fourth-order valence-corrected chi connectivity index (χ4v) is 6.83. The van der Waals surface area contributed by atoms with Crippen LogP contribution >= 0.6 is 0 Å². The maximum absolute atomic E-state index is 6.58. The van der Waals surface area contributed by atoms with Crippen molar-refractivity contribution in [2.24, 2.45) is 0 Å². The molecule has 0 fully saturated rings. The van der Waals surface area contributed by atoms with Gasteiger partial charge in [0, 0.05) is 43.8 Å². The number of para-hydroxylation sites is 2. The lowest BCUT2D eigenvalue weighted by Gasteiger charge is -2.10. The van der Waals surface area contributed by atoms with E-state index in [4.69, 9.17) is 23.8 Å². The second-order valence-electron chi connectivity index (χ2n) is 12.0. The molecule has 10 aromatic rings. The minimum atomic E-state index is 0.582. The summed E-state index contributed by atoms with van der Waals surface area (Å²) in [5, 5.41) is 6.36. The van der Waals surface area contributed by atoms with Gasteiger partial charge < -0.3 is 8.83 Å². The lowest BCUT2D eigenvalue weighted by atomic mass is 10.0. The zero-order valence-corrected chi connectivity index (χ0v) is 25.6. The molecule has 0 atom stereocenters. The Balaban J connectivity index is 1.23. The highest BCUT2D eigenvalue weighted by Gasteiger charge is 2.20. The number of rotatable bonds is 4. The van der Waals surface area contributed by atoms with Crippen LogP contribution in [0.2, 0.25) is 0 Å². The molecule has 0 aliphatic carbocycles. The van der Waals surface area contributed by atoms with Crippen LogP contribution in [-0.4, -0.2) is 15.0 Å². The minimum Gasteiger partial charge on any atom is -0.456 e. The van der Waals surface area contributed by atoms with Gasteiger partial charge >= 0.3 is 0 Å². The van der Waals surface area contributed by atoms with Gasteiger partial charge in [0.1, 0.15) is 22.3 Å². The molecular weight excluding hydrogens is 590 g/mol. The molecule has 5 nitrogen and oxygen atoms in total. The predicted octanol–water partition coefficient (Wildman–Crippen LogP) is 11.5. The Hall–Kier alpha value is -6.59. The van der Waals surface area contributed by atoms with E-state index in [0.29, 0.717) is 17.5 Å². The van der Waals surface area contributed by atoms with E-state index in [1.165, 1.54) is 0 Å². The van der Waals surface area contributed by atoms with Gasteiger partial charge in [0.25, 0.3) is 0 Å². The maximum Gasteiger partial charge on any atom is 0.164 e. The zero-order chi connectivity index (χ0) is 31.6. The molecule has 7 aromatic carbocycles. The smallest absolute Gasteiger partial charge is 0.164 e. The topological polar surface area (TPSA) is 65.0 Å². The number of nitrogens with zero attached hydrogens (tertiary/aromatic N) is 3. The Morgan fingerprint density at radius 3 is 1.90 bits per heavy atom. The first-order chi connectivity index (χ1) is 23.8. The summed E-state index contributed by atoms with van der Waals surface area (Å²) in [4.78, 5) is 15.4. The third-order valence-electron chi connectivity index (χ3n) is 9.13. The Bertz CT molecular complexity index is 2850. The summed E-state index contributed by atoms with van der Waals surface area (Å²) in [5.41, 5.74) is 8.14. The lowest BCUT2D eigenvalue weighted by molar-refractivity contribution is 0.669. The molecule has 0 saturated carbocycles. The SMILES string of the molecule is c1ccc(-c2cccc3c2oc2cccc(-c4nc(-c5ccc6ccccc6c5)nc(-c5ccc6oc7ccccc7c6c5)n4)c23)cc1. The van der Waals surface area contributed by atoms with Crippen LogP contribution in [0.3, 0.4) is 0 Å². The Morgan fingerprint density at radius 1 is 0.354 bits per heavy atom. The fraction of sp³-hybridized carbons (Fsp3) is 0. The molecule has 0 spiro atoms. The Labute approximate surface area is 274 Å². The van der Waals surface area contributed by atoms with Gasteiger partial charge in [-0.3, -0.25) is 0 Å². The maximum atomic E-state index is 6.58. The van der Waals surface area contributed by atoms with Gasteiger partial charge in [-0.2, -0.15) is 0 Å². The van der Waals surface area contributed by atoms with E-state index in [-0.39, 0.29) is 0 Å². The van der Waals surface area contributed by atoms with E-state index in [2.05, 4.69) is 91.0 Å². The van der Waals surface area contributed by atoms with Crippen molar-refractivity contribution < 1.29 is 8.83 Å². The van der Waals surface area contributed by atoms with E-state index in [9.17, 15) is 0 Å². The van der Waals surface area contributed by atoms with E-state index < -0.39 is 0 Å². The summed E-state index contributed by atoms with van der Waals surface area (Å²) in [5.74, 6) is 1.77. The molecular formula is C43H25N3O2. The third kappa shape index (κ3) is 4.22.